The average Bonchev–Trinajstić information content (AvgIpc) is 2.55. The molecular formula is C17H33IN4O. The number of piperazine rings is 1. The van der Waals surface area contributed by atoms with Gasteiger partial charge < -0.3 is 15.1 Å². The van der Waals surface area contributed by atoms with Crippen molar-refractivity contribution in [1.29, 1.82) is 0 Å². The molecule has 1 saturated heterocycles. The van der Waals surface area contributed by atoms with Crippen LogP contribution in [0.5, 0.6) is 0 Å². The minimum atomic E-state index is 0. The quantitative estimate of drug-likeness (QED) is 0.419. The molecule has 0 atom stereocenters. The zero-order valence-electron chi connectivity index (χ0n) is 14.7. The summed E-state index contributed by atoms with van der Waals surface area (Å²) in [6.45, 7) is 8.98. The summed E-state index contributed by atoms with van der Waals surface area (Å²) in [5.41, 5.74) is 0. The molecule has 0 bridgehead atoms. The van der Waals surface area contributed by atoms with Crippen LogP contribution in [0.4, 0.5) is 0 Å². The van der Waals surface area contributed by atoms with Gasteiger partial charge in [0.15, 0.2) is 5.96 Å². The van der Waals surface area contributed by atoms with Gasteiger partial charge in [-0.2, -0.15) is 0 Å². The van der Waals surface area contributed by atoms with Gasteiger partial charge in [-0.3, -0.25) is 9.79 Å². The smallest absolute Gasteiger partial charge is 0.219 e. The van der Waals surface area contributed by atoms with Gasteiger partial charge in [0.1, 0.15) is 0 Å². The van der Waals surface area contributed by atoms with E-state index in [0.29, 0.717) is 0 Å². The Hall–Kier alpha value is -0.530. The third-order valence-corrected chi connectivity index (χ3v) is 4.88. The summed E-state index contributed by atoms with van der Waals surface area (Å²) in [6.07, 6.45) is 8.24. The lowest BCUT2D eigenvalue weighted by Gasteiger charge is -2.36. The molecule has 2 rings (SSSR count). The van der Waals surface area contributed by atoms with Crippen LogP contribution >= 0.6 is 24.0 Å². The van der Waals surface area contributed by atoms with Gasteiger partial charge in [-0.25, -0.2) is 0 Å². The fraction of sp³-hybridized carbons (Fsp3) is 0.882. The predicted octanol–water partition coefficient (Wildman–Crippen LogP) is 2.70. The molecule has 0 radical (unpaired) electrons. The molecule has 0 unspecified atom stereocenters. The highest BCUT2D eigenvalue weighted by molar-refractivity contribution is 14.0. The van der Waals surface area contributed by atoms with Crippen molar-refractivity contribution in [1.82, 2.24) is 15.1 Å². The van der Waals surface area contributed by atoms with E-state index in [1.165, 1.54) is 38.5 Å². The van der Waals surface area contributed by atoms with E-state index in [2.05, 4.69) is 17.1 Å². The monoisotopic (exact) mass is 436 g/mol. The predicted molar refractivity (Wildman–Crippen MR) is 106 cm³/mol. The van der Waals surface area contributed by atoms with Crippen LogP contribution in [0.1, 0.15) is 52.4 Å². The number of guanidine groups is 1. The lowest BCUT2D eigenvalue weighted by molar-refractivity contribution is -0.130. The van der Waals surface area contributed by atoms with Gasteiger partial charge in [-0.1, -0.05) is 32.1 Å². The molecule has 134 valence electrons. The molecule has 2 aliphatic rings. The fourth-order valence-corrected chi connectivity index (χ4v) is 3.49. The van der Waals surface area contributed by atoms with E-state index < -0.39 is 0 Å². The first-order valence-electron chi connectivity index (χ1n) is 8.99. The fourth-order valence-electron chi connectivity index (χ4n) is 3.49. The molecule has 2 fully saturated rings. The van der Waals surface area contributed by atoms with Crippen LogP contribution in [0.15, 0.2) is 4.99 Å². The Balaban J connectivity index is 0.00000264. The number of carbonyl (C=O) groups excluding carboxylic acids is 1. The summed E-state index contributed by atoms with van der Waals surface area (Å²) >= 11 is 0. The third-order valence-electron chi connectivity index (χ3n) is 4.88. The number of hydrogen-bond acceptors (Lipinski definition) is 2. The Morgan fingerprint density at radius 1 is 1.09 bits per heavy atom. The van der Waals surface area contributed by atoms with Crippen molar-refractivity contribution in [3.63, 3.8) is 0 Å². The Morgan fingerprint density at radius 2 is 1.70 bits per heavy atom. The van der Waals surface area contributed by atoms with Crippen molar-refractivity contribution in [2.45, 2.75) is 52.4 Å². The number of nitrogens with one attached hydrogen (secondary N) is 1. The molecule has 0 aromatic rings. The second kappa shape index (κ2) is 11.1. The maximum Gasteiger partial charge on any atom is 0.219 e. The van der Waals surface area contributed by atoms with Gasteiger partial charge in [0.25, 0.3) is 0 Å². The number of carbonyl (C=O) groups is 1. The molecule has 1 N–H and O–H groups in total. The minimum Gasteiger partial charge on any atom is -0.357 e. The van der Waals surface area contributed by atoms with Gasteiger partial charge in [-0.05, 0) is 19.3 Å². The number of amides is 1. The van der Waals surface area contributed by atoms with Gasteiger partial charge in [0, 0.05) is 46.2 Å². The molecule has 1 saturated carbocycles. The normalized spacial score (nSPS) is 20.2. The Labute approximate surface area is 158 Å². The van der Waals surface area contributed by atoms with Crippen molar-refractivity contribution in [2.24, 2.45) is 10.9 Å². The number of halogens is 1. The molecule has 1 aliphatic heterocycles. The van der Waals surface area contributed by atoms with Crippen molar-refractivity contribution < 1.29 is 4.79 Å². The highest BCUT2D eigenvalue weighted by atomic mass is 127. The summed E-state index contributed by atoms with van der Waals surface area (Å²) in [5.74, 6) is 2.09. The lowest BCUT2D eigenvalue weighted by atomic mass is 9.87. The third kappa shape index (κ3) is 6.85. The largest absolute Gasteiger partial charge is 0.357 e. The Kier molecular flexibility index (Phi) is 9.90. The summed E-state index contributed by atoms with van der Waals surface area (Å²) in [5, 5.41) is 3.41. The maximum atomic E-state index is 11.4. The van der Waals surface area contributed by atoms with E-state index >= 15 is 0 Å². The molecular weight excluding hydrogens is 403 g/mol. The number of hydrogen-bond donors (Lipinski definition) is 1. The number of aliphatic imine (C=N–C) groups is 1. The minimum absolute atomic E-state index is 0. The molecule has 1 heterocycles. The van der Waals surface area contributed by atoms with Gasteiger partial charge >= 0.3 is 0 Å². The zero-order valence-corrected chi connectivity index (χ0v) is 17.1. The van der Waals surface area contributed by atoms with Crippen LogP contribution in [0.3, 0.4) is 0 Å². The topological polar surface area (TPSA) is 47.9 Å². The SMILES string of the molecule is CCNC(=NCCC1CCCCC1)N1CCN(C(C)=O)CC1.I. The summed E-state index contributed by atoms with van der Waals surface area (Å²) in [4.78, 5) is 20.5. The number of rotatable bonds is 4. The van der Waals surface area contributed by atoms with Crippen molar-refractivity contribution in [3.05, 3.63) is 0 Å². The van der Waals surface area contributed by atoms with E-state index in [1.807, 2.05) is 4.90 Å². The first-order chi connectivity index (χ1) is 10.7. The molecule has 0 spiro atoms. The molecule has 0 aromatic heterocycles. The van der Waals surface area contributed by atoms with Crippen LogP contribution in [0.25, 0.3) is 0 Å². The lowest BCUT2D eigenvalue weighted by Crippen LogP contribution is -2.53. The highest BCUT2D eigenvalue weighted by Gasteiger charge is 2.21. The first-order valence-corrected chi connectivity index (χ1v) is 8.99. The van der Waals surface area contributed by atoms with Gasteiger partial charge in [-0.15, -0.1) is 24.0 Å². The van der Waals surface area contributed by atoms with Crippen LogP contribution in [-0.4, -0.2) is 60.9 Å². The van der Waals surface area contributed by atoms with E-state index in [-0.39, 0.29) is 29.9 Å². The summed E-state index contributed by atoms with van der Waals surface area (Å²) in [6, 6.07) is 0. The van der Waals surface area contributed by atoms with E-state index in [9.17, 15) is 4.79 Å². The second-order valence-electron chi connectivity index (χ2n) is 6.52. The van der Waals surface area contributed by atoms with Crippen molar-refractivity contribution in [2.75, 3.05) is 39.3 Å². The van der Waals surface area contributed by atoms with Crippen LogP contribution in [0.2, 0.25) is 0 Å². The Morgan fingerprint density at radius 3 is 2.26 bits per heavy atom. The second-order valence-corrected chi connectivity index (χ2v) is 6.52. The molecule has 0 aromatic carbocycles. The Bertz CT molecular complexity index is 375. The zero-order chi connectivity index (χ0) is 15.8. The standard InChI is InChI=1S/C17H32N4O.HI/c1-3-18-17(19-10-9-16-7-5-4-6-8-16)21-13-11-20(12-14-21)15(2)22;/h16H,3-14H2,1-2H3,(H,18,19);1H. The van der Waals surface area contributed by atoms with Crippen LogP contribution in [-0.2, 0) is 4.79 Å². The summed E-state index contributed by atoms with van der Waals surface area (Å²) in [7, 11) is 0. The molecule has 1 amide bonds. The van der Waals surface area contributed by atoms with Gasteiger partial charge in [0.2, 0.25) is 5.91 Å². The van der Waals surface area contributed by atoms with E-state index in [1.54, 1.807) is 6.92 Å². The maximum absolute atomic E-state index is 11.4. The molecule has 23 heavy (non-hydrogen) atoms. The van der Waals surface area contributed by atoms with Crippen molar-refractivity contribution >= 4 is 35.8 Å². The summed E-state index contributed by atoms with van der Waals surface area (Å²) < 4.78 is 0. The van der Waals surface area contributed by atoms with E-state index in [0.717, 1.165) is 51.1 Å². The molecule has 5 nitrogen and oxygen atoms in total. The van der Waals surface area contributed by atoms with Crippen molar-refractivity contribution in [3.8, 4) is 0 Å². The van der Waals surface area contributed by atoms with Crippen LogP contribution < -0.4 is 5.32 Å². The molecule has 1 aliphatic carbocycles. The number of nitrogens with zero attached hydrogens (tertiary/aromatic N) is 3. The van der Waals surface area contributed by atoms with Gasteiger partial charge in [0.05, 0.1) is 0 Å². The highest BCUT2D eigenvalue weighted by Crippen LogP contribution is 2.26. The average molecular weight is 436 g/mol. The molecule has 6 heteroatoms. The van der Waals surface area contributed by atoms with E-state index in [4.69, 9.17) is 4.99 Å². The van der Waals surface area contributed by atoms with Crippen LogP contribution in [0, 0.1) is 5.92 Å². The first kappa shape index (κ1) is 20.5.